The molecule has 9 nitrogen and oxygen atoms in total. The van der Waals surface area contributed by atoms with Gasteiger partial charge in [-0.15, -0.1) is 0 Å². The summed E-state index contributed by atoms with van der Waals surface area (Å²) in [7, 11) is 1.57. The van der Waals surface area contributed by atoms with Crippen LogP contribution in [0.5, 0.6) is 0 Å². The van der Waals surface area contributed by atoms with Crippen LogP contribution in [0.1, 0.15) is 43.6 Å². The van der Waals surface area contributed by atoms with Crippen molar-refractivity contribution in [2.24, 2.45) is 0 Å². The summed E-state index contributed by atoms with van der Waals surface area (Å²) in [6, 6.07) is 12.3. The lowest BCUT2D eigenvalue weighted by atomic mass is 9.79. The molecule has 5 rings (SSSR count). The van der Waals surface area contributed by atoms with E-state index in [9.17, 15) is 9.18 Å². The molecule has 3 aromatic rings. The van der Waals surface area contributed by atoms with Crippen LogP contribution in [-0.2, 0) is 20.7 Å². The lowest BCUT2D eigenvalue weighted by Gasteiger charge is -2.32. The van der Waals surface area contributed by atoms with Crippen molar-refractivity contribution in [2.75, 3.05) is 25.9 Å². The zero-order valence-electron chi connectivity index (χ0n) is 23.5. The minimum absolute atomic E-state index is 0.113. The van der Waals surface area contributed by atoms with Gasteiger partial charge < -0.3 is 30.0 Å². The van der Waals surface area contributed by atoms with E-state index in [1.165, 1.54) is 18.5 Å². The average molecular weight is 547 g/mol. The van der Waals surface area contributed by atoms with Crippen molar-refractivity contribution in [1.82, 2.24) is 20.2 Å². The number of rotatable bonds is 7. The number of carbonyl (C=O) groups is 1. The third kappa shape index (κ3) is 5.88. The van der Waals surface area contributed by atoms with Gasteiger partial charge in [-0.2, -0.15) is 4.39 Å². The van der Waals surface area contributed by atoms with Gasteiger partial charge in [0.15, 0.2) is 0 Å². The van der Waals surface area contributed by atoms with Gasteiger partial charge in [-0.3, -0.25) is 4.79 Å². The molecule has 2 aliphatic rings. The van der Waals surface area contributed by atoms with Gasteiger partial charge >= 0.3 is 7.12 Å². The van der Waals surface area contributed by atoms with E-state index in [1.54, 1.807) is 12.1 Å². The van der Waals surface area contributed by atoms with Crippen LogP contribution >= 0.6 is 0 Å². The summed E-state index contributed by atoms with van der Waals surface area (Å²) in [6.07, 6.45) is 2.71. The Morgan fingerprint density at radius 1 is 1.07 bits per heavy atom. The van der Waals surface area contributed by atoms with E-state index in [-0.39, 0.29) is 29.4 Å². The highest BCUT2D eigenvalue weighted by molar-refractivity contribution is 6.62. The van der Waals surface area contributed by atoms with Gasteiger partial charge in [0.1, 0.15) is 5.82 Å². The maximum absolute atomic E-state index is 13.2. The van der Waals surface area contributed by atoms with E-state index in [1.807, 2.05) is 59.0 Å². The Bertz CT molecular complexity index is 1350. The first-order valence-corrected chi connectivity index (χ1v) is 13.3. The maximum Gasteiger partial charge on any atom is 0.494 e. The Labute approximate surface area is 234 Å². The van der Waals surface area contributed by atoms with Crippen LogP contribution in [-0.4, -0.2) is 71.4 Å². The van der Waals surface area contributed by atoms with Gasteiger partial charge in [0, 0.05) is 36.6 Å². The Morgan fingerprint density at radius 2 is 1.75 bits per heavy atom. The first kappa shape index (κ1) is 28.2. The predicted molar refractivity (Wildman–Crippen MR) is 151 cm³/mol. The molecule has 1 amide bonds. The number of likely N-dealkylation sites (N-methyl/N-ethyl adjacent to an activating group) is 1. The maximum atomic E-state index is 13.2. The molecule has 4 heterocycles. The second-order valence-electron chi connectivity index (χ2n) is 11.5. The normalized spacial score (nSPS) is 22.0. The van der Waals surface area contributed by atoms with Crippen molar-refractivity contribution in [3.05, 3.63) is 71.9 Å². The van der Waals surface area contributed by atoms with Gasteiger partial charge in [0.05, 0.1) is 35.5 Å². The Balaban J connectivity index is 1.21. The number of nitrogens with zero attached hydrogens (tertiary/aromatic N) is 3. The Kier molecular flexibility index (Phi) is 7.67. The summed E-state index contributed by atoms with van der Waals surface area (Å²) in [6.45, 7) is 9.84. The molecule has 2 fully saturated rings. The van der Waals surface area contributed by atoms with E-state index in [0.717, 1.165) is 11.0 Å². The zero-order valence-corrected chi connectivity index (χ0v) is 23.5. The number of nitrogen functional groups attached to an aromatic ring is 1. The monoisotopic (exact) mass is 547 g/mol. The molecule has 2 aliphatic heterocycles. The largest absolute Gasteiger partial charge is 0.494 e. The van der Waals surface area contributed by atoms with Crippen LogP contribution in [0, 0.1) is 5.95 Å². The highest BCUT2D eigenvalue weighted by Crippen LogP contribution is 2.36. The fourth-order valence-electron chi connectivity index (χ4n) is 4.83. The number of amides is 1. The van der Waals surface area contributed by atoms with Gasteiger partial charge in [0.25, 0.3) is 5.91 Å². The summed E-state index contributed by atoms with van der Waals surface area (Å²) in [5.41, 5.74) is 8.71. The highest BCUT2D eigenvalue weighted by atomic mass is 19.1. The zero-order chi connectivity index (χ0) is 28.7. The third-order valence-electron chi connectivity index (χ3n) is 7.96. The summed E-state index contributed by atoms with van der Waals surface area (Å²) in [5.74, 6) is -0.813. The molecule has 11 heteroatoms. The standard InChI is InChI=1S/C29H35BFN5O4/c1-28(2)29(3,4)40-30(39-28)21-9-6-18(7-10-21)17-38-24-16-36(5)15-23(24)35-27(37)22-12-20(14-34-26(22)32)19-8-11-25(31)33-13-19/h6-14,23-24H,15-17H2,1-5H3,(H2,32,34)(H,35,37)/t23-,24-/m0/s1. The van der Waals surface area contributed by atoms with Crippen molar-refractivity contribution < 1.29 is 23.2 Å². The lowest BCUT2D eigenvalue weighted by molar-refractivity contribution is 0.00578. The molecule has 0 aliphatic carbocycles. The second kappa shape index (κ2) is 10.9. The quantitative estimate of drug-likeness (QED) is 0.343. The lowest BCUT2D eigenvalue weighted by Crippen LogP contribution is -2.44. The summed E-state index contributed by atoms with van der Waals surface area (Å²) >= 11 is 0. The smallest absolute Gasteiger partial charge is 0.399 e. The van der Waals surface area contributed by atoms with Gasteiger partial charge in [-0.1, -0.05) is 24.3 Å². The van der Waals surface area contributed by atoms with E-state index in [2.05, 4.69) is 20.2 Å². The van der Waals surface area contributed by atoms with E-state index >= 15 is 0 Å². The van der Waals surface area contributed by atoms with Crippen molar-refractivity contribution in [3.63, 3.8) is 0 Å². The number of hydrogen-bond donors (Lipinski definition) is 2. The molecule has 3 N–H and O–H groups in total. The van der Waals surface area contributed by atoms with Crippen LogP contribution in [0.2, 0.25) is 0 Å². The van der Waals surface area contributed by atoms with Crippen molar-refractivity contribution in [1.29, 1.82) is 0 Å². The van der Waals surface area contributed by atoms with Crippen LogP contribution in [0.15, 0.2) is 54.9 Å². The minimum Gasteiger partial charge on any atom is -0.399 e. The molecule has 2 aromatic heterocycles. The molecule has 0 unspecified atom stereocenters. The number of likely N-dealkylation sites (tertiary alicyclic amines) is 1. The topological polar surface area (TPSA) is 112 Å². The molecule has 1 aromatic carbocycles. The van der Waals surface area contributed by atoms with Gasteiger partial charge in [-0.05, 0) is 64.0 Å². The van der Waals surface area contributed by atoms with E-state index < -0.39 is 24.3 Å². The number of nitrogens with two attached hydrogens (primary N) is 1. The van der Waals surface area contributed by atoms with Crippen molar-refractivity contribution in [2.45, 2.75) is 57.6 Å². The average Bonchev–Trinajstić information content (AvgIpc) is 3.36. The fraction of sp³-hybridized carbons (Fsp3) is 0.414. The van der Waals surface area contributed by atoms with Gasteiger partial charge in [-0.25, -0.2) is 9.97 Å². The molecular formula is C29H35BFN5O4. The molecule has 40 heavy (non-hydrogen) atoms. The van der Waals surface area contributed by atoms with Gasteiger partial charge in [0.2, 0.25) is 5.95 Å². The SMILES string of the molecule is CN1C[C@H](NC(=O)c2cc(-c3ccc(F)nc3)cnc2N)[C@@H](OCc2ccc(B3OC(C)(C)C(C)(C)O3)cc2)C1. The molecule has 0 saturated carbocycles. The van der Waals surface area contributed by atoms with Crippen LogP contribution < -0.4 is 16.5 Å². The summed E-state index contributed by atoms with van der Waals surface area (Å²) < 4.78 is 31.8. The van der Waals surface area contributed by atoms with Crippen LogP contribution in [0.3, 0.4) is 0 Å². The third-order valence-corrected chi connectivity index (χ3v) is 7.96. The molecule has 210 valence electrons. The number of nitrogens with one attached hydrogen (secondary N) is 1. The number of ether oxygens (including phenoxy) is 1. The molecule has 2 atom stereocenters. The summed E-state index contributed by atoms with van der Waals surface area (Å²) in [4.78, 5) is 23.2. The Morgan fingerprint density at radius 3 is 2.40 bits per heavy atom. The van der Waals surface area contributed by atoms with E-state index in [4.69, 9.17) is 19.8 Å². The van der Waals surface area contributed by atoms with Crippen LogP contribution in [0.25, 0.3) is 11.1 Å². The minimum atomic E-state index is -0.581. The fourth-order valence-corrected chi connectivity index (χ4v) is 4.83. The van der Waals surface area contributed by atoms with E-state index in [0.29, 0.717) is 30.8 Å². The molecule has 0 radical (unpaired) electrons. The molecule has 2 saturated heterocycles. The number of hydrogen-bond acceptors (Lipinski definition) is 8. The Hall–Kier alpha value is -3.38. The van der Waals surface area contributed by atoms with Crippen molar-refractivity contribution >= 4 is 24.3 Å². The molecule has 0 spiro atoms. The van der Waals surface area contributed by atoms with Crippen molar-refractivity contribution in [3.8, 4) is 11.1 Å². The number of benzene rings is 1. The first-order valence-electron chi connectivity index (χ1n) is 13.3. The number of aromatic nitrogens is 2. The summed E-state index contributed by atoms with van der Waals surface area (Å²) in [5, 5.41) is 3.07. The molecule has 0 bridgehead atoms. The highest BCUT2D eigenvalue weighted by Gasteiger charge is 2.51. The molecular weight excluding hydrogens is 512 g/mol. The second-order valence-corrected chi connectivity index (χ2v) is 11.5. The van der Waals surface area contributed by atoms with Crippen LogP contribution in [0.4, 0.5) is 10.2 Å². The number of anilines is 1. The number of pyridine rings is 2. The predicted octanol–water partition coefficient (Wildman–Crippen LogP) is 2.79. The number of halogens is 1. The first-order chi connectivity index (χ1) is 18.9. The number of carbonyl (C=O) groups excluding carboxylic acids is 1.